The molecule has 4 aromatic rings. The maximum Gasteiger partial charge on any atom is 0.413 e. The molecule has 0 fully saturated rings. The molecule has 0 saturated carbocycles. The van der Waals surface area contributed by atoms with Crippen LogP contribution in [0.4, 0.5) is 19.2 Å². The number of rotatable bonds is 16. The first-order valence-electron chi connectivity index (χ1n) is 16.1. The van der Waals surface area contributed by atoms with Crippen LogP contribution in [0.25, 0.3) is 0 Å². The number of hydrogen-bond donors (Lipinski definition) is 4. The second kappa shape index (κ2) is 20.7. The lowest BCUT2D eigenvalue weighted by Crippen LogP contribution is -2.48. The van der Waals surface area contributed by atoms with Gasteiger partial charge in [0.15, 0.2) is 0 Å². The van der Waals surface area contributed by atoms with Gasteiger partial charge in [-0.3, -0.25) is 0 Å². The summed E-state index contributed by atoms with van der Waals surface area (Å²) in [6.07, 6.45) is -3.43. The molecule has 4 aromatic carbocycles. The van der Waals surface area contributed by atoms with Gasteiger partial charge in [-0.2, -0.15) is 0 Å². The summed E-state index contributed by atoms with van der Waals surface area (Å²) in [5.41, 5.74) is 0. The second-order valence-corrected chi connectivity index (χ2v) is 10.8. The molecule has 51 heavy (non-hydrogen) atoms. The van der Waals surface area contributed by atoms with Crippen molar-refractivity contribution in [3.63, 3.8) is 0 Å². The summed E-state index contributed by atoms with van der Waals surface area (Å²) in [5.74, 6) is 0.356. The fourth-order valence-electron chi connectivity index (χ4n) is 4.37. The fraction of sp³-hybridized carbons (Fsp3) is 0.216. The van der Waals surface area contributed by atoms with Crippen molar-refractivity contribution in [2.24, 2.45) is 0 Å². The Morgan fingerprint density at radius 3 is 1.25 bits per heavy atom. The summed E-state index contributed by atoms with van der Waals surface area (Å²) in [6.45, 7) is -0.305. The van der Waals surface area contributed by atoms with Crippen molar-refractivity contribution in [1.82, 2.24) is 21.3 Å². The Morgan fingerprint density at radius 2 is 0.843 bits per heavy atom. The van der Waals surface area contributed by atoms with Crippen molar-refractivity contribution in [2.75, 3.05) is 19.6 Å². The van der Waals surface area contributed by atoms with E-state index >= 15 is 0 Å². The van der Waals surface area contributed by atoms with Crippen molar-refractivity contribution in [3.8, 4) is 23.0 Å². The summed E-state index contributed by atoms with van der Waals surface area (Å²) in [4.78, 5) is 63.4. The molecule has 0 aliphatic carbocycles. The molecule has 266 valence electrons. The zero-order chi connectivity index (χ0) is 36.1. The molecule has 4 amide bonds. The normalized spacial score (nSPS) is 10.9. The summed E-state index contributed by atoms with van der Waals surface area (Å²) in [7, 11) is 0. The van der Waals surface area contributed by atoms with Crippen molar-refractivity contribution in [1.29, 1.82) is 0 Å². The third-order valence-corrected chi connectivity index (χ3v) is 6.81. The minimum Gasteiger partial charge on any atom is -0.457 e. The lowest BCUT2D eigenvalue weighted by molar-refractivity contribution is -0.151. The molecule has 4 N–H and O–H groups in total. The van der Waals surface area contributed by atoms with Crippen molar-refractivity contribution in [3.05, 3.63) is 121 Å². The van der Waals surface area contributed by atoms with Gasteiger partial charge >= 0.3 is 30.3 Å². The van der Waals surface area contributed by atoms with Crippen LogP contribution in [0, 0.1) is 0 Å². The predicted molar refractivity (Wildman–Crippen MR) is 185 cm³/mol. The molecule has 0 bridgehead atoms. The van der Waals surface area contributed by atoms with Crippen LogP contribution in [0.1, 0.15) is 19.3 Å². The number of unbranched alkanes of at least 4 members (excludes halogenated alkanes) is 1. The average molecular weight is 699 g/mol. The number of esters is 1. The first-order chi connectivity index (χ1) is 24.8. The quantitative estimate of drug-likeness (QED) is 0.0851. The molecule has 0 aliphatic heterocycles. The highest BCUT2D eigenvalue weighted by Crippen LogP contribution is 2.13. The Balaban J connectivity index is 1.36. The first-order valence-corrected chi connectivity index (χ1v) is 16.1. The van der Waals surface area contributed by atoms with E-state index in [1.807, 2.05) is 0 Å². The molecule has 0 aliphatic rings. The number of nitrogens with one attached hydrogen (secondary N) is 4. The number of carbonyl (C=O) groups is 5. The number of carbonyl (C=O) groups excluding carboxylic acids is 5. The molecule has 0 radical (unpaired) electrons. The molecule has 0 spiro atoms. The van der Waals surface area contributed by atoms with Gasteiger partial charge in [-0.25, -0.2) is 24.0 Å². The van der Waals surface area contributed by atoms with E-state index in [-0.39, 0.29) is 43.3 Å². The largest absolute Gasteiger partial charge is 0.457 e. The van der Waals surface area contributed by atoms with E-state index in [0.29, 0.717) is 18.6 Å². The van der Waals surface area contributed by atoms with Crippen LogP contribution in [0.3, 0.4) is 0 Å². The van der Waals surface area contributed by atoms with Crippen molar-refractivity contribution < 1.29 is 47.7 Å². The Labute approximate surface area is 294 Å². The van der Waals surface area contributed by atoms with Crippen LogP contribution in [0.5, 0.6) is 23.0 Å². The third-order valence-electron chi connectivity index (χ3n) is 6.81. The van der Waals surface area contributed by atoms with Gasteiger partial charge in [0, 0.05) is 6.54 Å². The molecule has 14 heteroatoms. The lowest BCUT2D eigenvalue weighted by atomic mass is 10.1. The molecular formula is C37H38N4O10. The maximum absolute atomic E-state index is 13.5. The fourth-order valence-corrected chi connectivity index (χ4v) is 4.37. The van der Waals surface area contributed by atoms with E-state index in [1.54, 1.807) is 121 Å². The third kappa shape index (κ3) is 14.6. The number of hydrogen-bond acceptors (Lipinski definition) is 10. The van der Waals surface area contributed by atoms with Crippen molar-refractivity contribution in [2.45, 2.75) is 31.4 Å². The van der Waals surface area contributed by atoms with Gasteiger partial charge in [0.25, 0.3) is 0 Å². The summed E-state index contributed by atoms with van der Waals surface area (Å²) < 4.78 is 26.7. The minimum absolute atomic E-state index is 0.0951. The standard InChI is InChI=1S/C37H38N4O10/c42-33(47-31(25-39-35(44)49-28-17-7-2-8-18-28)26-40-36(45)50-29-19-9-3-10-20-29)32(41-37(46)51-30-21-11-4-12-22-30)23-13-14-24-38-34(43)48-27-15-5-1-6-16-27/h1-12,15-22,31-32H,13-14,23-26H2,(H,38,43)(H,39,44)(H,40,45)(H,41,46). The van der Waals surface area contributed by atoms with Gasteiger partial charge < -0.3 is 45.0 Å². The van der Waals surface area contributed by atoms with Crippen LogP contribution >= 0.6 is 0 Å². The number of para-hydroxylation sites is 4. The zero-order valence-corrected chi connectivity index (χ0v) is 27.5. The maximum atomic E-state index is 13.5. The van der Waals surface area contributed by atoms with E-state index in [0.717, 1.165) is 0 Å². The van der Waals surface area contributed by atoms with Gasteiger partial charge in [0.1, 0.15) is 35.1 Å². The lowest BCUT2D eigenvalue weighted by Gasteiger charge is -2.23. The summed E-state index contributed by atoms with van der Waals surface area (Å²) in [6, 6.07) is 32.3. The number of amides is 4. The van der Waals surface area contributed by atoms with E-state index in [9.17, 15) is 24.0 Å². The topological polar surface area (TPSA) is 180 Å². The van der Waals surface area contributed by atoms with Crippen molar-refractivity contribution >= 4 is 30.3 Å². The molecular weight excluding hydrogens is 660 g/mol. The highest BCUT2D eigenvalue weighted by Gasteiger charge is 2.27. The highest BCUT2D eigenvalue weighted by molar-refractivity contribution is 5.82. The smallest absolute Gasteiger partial charge is 0.413 e. The van der Waals surface area contributed by atoms with Crippen LogP contribution in [0.15, 0.2) is 121 Å². The molecule has 0 saturated heterocycles. The van der Waals surface area contributed by atoms with E-state index < -0.39 is 42.5 Å². The van der Waals surface area contributed by atoms with Gasteiger partial charge in [0.2, 0.25) is 0 Å². The molecule has 14 nitrogen and oxygen atoms in total. The van der Waals surface area contributed by atoms with E-state index in [2.05, 4.69) is 21.3 Å². The van der Waals surface area contributed by atoms with Crippen LogP contribution in [0.2, 0.25) is 0 Å². The number of ether oxygens (including phenoxy) is 5. The van der Waals surface area contributed by atoms with Crippen LogP contribution in [-0.2, 0) is 9.53 Å². The van der Waals surface area contributed by atoms with Gasteiger partial charge in [-0.15, -0.1) is 0 Å². The Morgan fingerprint density at radius 1 is 0.471 bits per heavy atom. The van der Waals surface area contributed by atoms with Gasteiger partial charge in [-0.1, -0.05) is 72.8 Å². The zero-order valence-electron chi connectivity index (χ0n) is 27.5. The first kappa shape index (κ1) is 37.3. The van der Waals surface area contributed by atoms with Crippen LogP contribution in [-0.4, -0.2) is 62.1 Å². The summed E-state index contributed by atoms with van der Waals surface area (Å²) >= 11 is 0. The Kier molecular flexibility index (Phi) is 15.1. The second-order valence-electron chi connectivity index (χ2n) is 10.8. The molecule has 0 heterocycles. The summed E-state index contributed by atoms with van der Waals surface area (Å²) in [5, 5.41) is 10.2. The van der Waals surface area contributed by atoms with Gasteiger partial charge in [-0.05, 0) is 67.8 Å². The Bertz CT molecular complexity index is 1620. The molecule has 4 rings (SSSR count). The average Bonchev–Trinajstić information content (AvgIpc) is 3.13. The van der Waals surface area contributed by atoms with E-state index in [1.165, 1.54) is 0 Å². The molecule has 1 unspecified atom stereocenters. The predicted octanol–water partition coefficient (Wildman–Crippen LogP) is 5.59. The number of benzene rings is 4. The Hall–Kier alpha value is -6.57. The van der Waals surface area contributed by atoms with Crippen LogP contribution < -0.4 is 40.2 Å². The molecule has 0 aromatic heterocycles. The van der Waals surface area contributed by atoms with E-state index in [4.69, 9.17) is 23.7 Å². The molecule has 1 atom stereocenters. The monoisotopic (exact) mass is 698 g/mol. The highest BCUT2D eigenvalue weighted by atomic mass is 16.6. The minimum atomic E-state index is -1.20. The van der Waals surface area contributed by atoms with Gasteiger partial charge in [0.05, 0.1) is 13.1 Å². The SMILES string of the molecule is O=C(NCCCCC(NC(=O)Oc1ccccc1)C(=O)OC(CNC(=O)Oc1ccccc1)CNC(=O)Oc1ccccc1)Oc1ccccc1.